The maximum Gasteiger partial charge on any atom is 0.273 e. The number of nitro benzene ring substituents is 1. The van der Waals surface area contributed by atoms with E-state index in [1.807, 2.05) is 30.3 Å². The third-order valence-corrected chi connectivity index (χ3v) is 2.32. The van der Waals surface area contributed by atoms with Crippen molar-refractivity contribution in [1.29, 1.82) is 0 Å². The molecule has 0 spiro atoms. The Balaban J connectivity index is 2.25. The predicted octanol–water partition coefficient (Wildman–Crippen LogP) is 3.05. The molecule has 0 amide bonds. The van der Waals surface area contributed by atoms with Crippen LogP contribution in [0.5, 0.6) is 5.75 Å². The van der Waals surface area contributed by atoms with Gasteiger partial charge in [0.05, 0.1) is 11.0 Å². The molecule has 0 aliphatic rings. The van der Waals surface area contributed by atoms with Gasteiger partial charge >= 0.3 is 0 Å². The molecule has 0 unspecified atom stereocenters. The van der Waals surface area contributed by atoms with Gasteiger partial charge in [-0.15, -0.1) is 0 Å². The van der Waals surface area contributed by atoms with Crippen LogP contribution >= 0.6 is 0 Å². The van der Waals surface area contributed by atoms with Crippen molar-refractivity contribution < 1.29 is 10.0 Å². The molecule has 0 saturated carbocycles. The van der Waals surface area contributed by atoms with E-state index in [0.717, 1.165) is 11.6 Å². The second-order valence-corrected chi connectivity index (χ2v) is 3.60. The lowest BCUT2D eigenvalue weighted by atomic mass is 10.2. The topological polar surface area (TPSA) is 75.7 Å². The maximum atomic E-state index is 10.5. The zero-order valence-electron chi connectivity index (χ0n) is 9.35. The lowest BCUT2D eigenvalue weighted by Gasteiger charge is -1.98. The Labute approximate surface area is 103 Å². The number of aliphatic imine (C=N–C) groups is 1. The van der Waals surface area contributed by atoms with Crippen LogP contribution < -0.4 is 0 Å². The van der Waals surface area contributed by atoms with Crippen molar-refractivity contribution in [2.24, 2.45) is 4.99 Å². The summed E-state index contributed by atoms with van der Waals surface area (Å²) in [6, 6.07) is 13.2. The number of hydrogen-bond donors (Lipinski definition) is 1. The summed E-state index contributed by atoms with van der Waals surface area (Å²) in [4.78, 5) is 14.0. The minimum atomic E-state index is -0.565. The van der Waals surface area contributed by atoms with Gasteiger partial charge in [0.15, 0.2) is 0 Å². The normalized spacial score (nSPS) is 10.7. The standard InChI is InChI=1S/C13H10N2O3/c16-13-8-11(15(17)18)6-7-12(13)14-9-10-4-2-1-3-5-10/h1-9,16H. The zero-order chi connectivity index (χ0) is 13.0. The SMILES string of the molecule is O=[N+]([O-])c1ccc(N=Cc2ccccc2)c(O)c1. The van der Waals surface area contributed by atoms with Crippen molar-refractivity contribution in [3.63, 3.8) is 0 Å². The number of nitrogens with zero attached hydrogens (tertiary/aromatic N) is 2. The first-order valence-corrected chi connectivity index (χ1v) is 5.23. The van der Waals surface area contributed by atoms with Gasteiger partial charge < -0.3 is 5.11 Å². The summed E-state index contributed by atoms with van der Waals surface area (Å²) < 4.78 is 0. The van der Waals surface area contributed by atoms with Crippen molar-refractivity contribution >= 4 is 17.6 Å². The molecular formula is C13H10N2O3. The van der Waals surface area contributed by atoms with Gasteiger partial charge in [-0.1, -0.05) is 30.3 Å². The quantitative estimate of drug-likeness (QED) is 0.510. The van der Waals surface area contributed by atoms with Crippen LogP contribution in [0.3, 0.4) is 0 Å². The van der Waals surface area contributed by atoms with Gasteiger partial charge in [-0.3, -0.25) is 15.1 Å². The zero-order valence-corrected chi connectivity index (χ0v) is 9.35. The molecule has 0 saturated heterocycles. The maximum absolute atomic E-state index is 10.5. The Morgan fingerprint density at radius 1 is 1.17 bits per heavy atom. The number of benzene rings is 2. The highest BCUT2D eigenvalue weighted by molar-refractivity contribution is 5.82. The second-order valence-electron chi connectivity index (χ2n) is 3.60. The van der Waals surface area contributed by atoms with Gasteiger partial charge in [-0.2, -0.15) is 0 Å². The third-order valence-electron chi connectivity index (χ3n) is 2.32. The first-order chi connectivity index (χ1) is 8.66. The predicted molar refractivity (Wildman–Crippen MR) is 68.5 cm³/mol. The van der Waals surface area contributed by atoms with Crippen molar-refractivity contribution in [3.05, 3.63) is 64.2 Å². The van der Waals surface area contributed by atoms with Gasteiger partial charge in [-0.05, 0) is 11.6 Å². The van der Waals surface area contributed by atoms with Crippen LogP contribution in [0.25, 0.3) is 0 Å². The van der Waals surface area contributed by atoms with E-state index in [2.05, 4.69) is 4.99 Å². The second kappa shape index (κ2) is 5.09. The fraction of sp³-hybridized carbons (Fsp3) is 0. The van der Waals surface area contributed by atoms with Gasteiger partial charge in [-0.25, -0.2) is 0 Å². The first kappa shape index (κ1) is 11.8. The monoisotopic (exact) mass is 242 g/mol. The van der Waals surface area contributed by atoms with Gasteiger partial charge in [0.1, 0.15) is 11.4 Å². The molecule has 0 aliphatic heterocycles. The van der Waals surface area contributed by atoms with E-state index in [9.17, 15) is 15.2 Å². The number of nitro groups is 1. The summed E-state index contributed by atoms with van der Waals surface area (Å²) in [5.41, 5.74) is 1.02. The van der Waals surface area contributed by atoms with E-state index in [0.29, 0.717) is 5.69 Å². The van der Waals surface area contributed by atoms with E-state index in [1.165, 1.54) is 12.1 Å². The minimum absolute atomic E-state index is 0.161. The van der Waals surface area contributed by atoms with Crippen LogP contribution in [0.4, 0.5) is 11.4 Å². The Morgan fingerprint density at radius 3 is 2.50 bits per heavy atom. The van der Waals surface area contributed by atoms with Gasteiger partial charge in [0.2, 0.25) is 0 Å². The number of rotatable bonds is 3. The molecule has 2 aromatic rings. The van der Waals surface area contributed by atoms with Gasteiger partial charge in [0.25, 0.3) is 5.69 Å². The molecule has 0 fully saturated rings. The van der Waals surface area contributed by atoms with Crippen LogP contribution in [-0.2, 0) is 0 Å². The van der Waals surface area contributed by atoms with Crippen LogP contribution in [0, 0.1) is 10.1 Å². The number of hydrogen-bond acceptors (Lipinski definition) is 4. The highest BCUT2D eigenvalue weighted by Gasteiger charge is 2.08. The van der Waals surface area contributed by atoms with Crippen LogP contribution in [0.1, 0.15) is 5.56 Å². The average Bonchev–Trinajstić information content (AvgIpc) is 2.38. The van der Waals surface area contributed by atoms with E-state index < -0.39 is 4.92 Å². The molecule has 18 heavy (non-hydrogen) atoms. The fourth-order valence-electron chi connectivity index (χ4n) is 1.42. The van der Waals surface area contributed by atoms with Crippen molar-refractivity contribution in [2.45, 2.75) is 0 Å². The Bertz CT molecular complexity index is 594. The molecule has 2 aromatic carbocycles. The molecular weight excluding hydrogens is 232 g/mol. The fourth-order valence-corrected chi connectivity index (χ4v) is 1.42. The van der Waals surface area contributed by atoms with Crippen molar-refractivity contribution in [3.8, 4) is 5.75 Å². The van der Waals surface area contributed by atoms with Crippen LogP contribution in [0.2, 0.25) is 0 Å². The highest BCUT2D eigenvalue weighted by Crippen LogP contribution is 2.30. The van der Waals surface area contributed by atoms with Crippen molar-refractivity contribution in [2.75, 3.05) is 0 Å². The van der Waals surface area contributed by atoms with Crippen LogP contribution in [0.15, 0.2) is 53.5 Å². The molecule has 1 N–H and O–H groups in total. The van der Waals surface area contributed by atoms with E-state index >= 15 is 0 Å². The summed E-state index contributed by atoms with van der Waals surface area (Å²) >= 11 is 0. The lowest BCUT2D eigenvalue weighted by Crippen LogP contribution is -1.86. The first-order valence-electron chi connectivity index (χ1n) is 5.23. The summed E-state index contributed by atoms with van der Waals surface area (Å²) in [7, 11) is 0. The van der Waals surface area contributed by atoms with E-state index in [1.54, 1.807) is 6.21 Å². The Kier molecular flexibility index (Phi) is 3.33. The smallest absolute Gasteiger partial charge is 0.273 e. The molecule has 0 bridgehead atoms. The molecule has 0 aromatic heterocycles. The molecule has 2 rings (SSSR count). The Hall–Kier alpha value is -2.69. The largest absolute Gasteiger partial charge is 0.505 e. The molecule has 5 heteroatoms. The minimum Gasteiger partial charge on any atom is -0.505 e. The molecule has 0 heterocycles. The highest BCUT2D eigenvalue weighted by atomic mass is 16.6. The molecule has 90 valence electrons. The lowest BCUT2D eigenvalue weighted by molar-refractivity contribution is -0.384. The number of non-ortho nitro benzene ring substituents is 1. The molecule has 0 radical (unpaired) electrons. The third kappa shape index (κ3) is 2.70. The van der Waals surface area contributed by atoms with Crippen molar-refractivity contribution in [1.82, 2.24) is 0 Å². The number of phenols is 1. The van der Waals surface area contributed by atoms with E-state index in [4.69, 9.17) is 0 Å². The summed E-state index contributed by atoms with van der Waals surface area (Å²) in [5, 5.41) is 20.1. The number of phenolic OH excluding ortho intramolecular Hbond substituents is 1. The van der Waals surface area contributed by atoms with Gasteiger partial charge in [0, 0.05) is 12.3 Å². The number of aromatic hydroxyl groups is 1. The molecule has 0 aliphatic carbocycles. The van der Waals surface area contributed by atoms with E-state index in [-0.39, 0.29) is 11.4 Å². The Morgan fingerprint density at radius 2 is 1.89 bits per heavy atom. The summed E-state index contributed by atoms with van der Waals surface area (Å²) in [5.74, 6) is -0.212. The molecule has 5 nitrogen and oxygen atoms in total. The summed E-state index contributed by atoms with van der Waals surface area (Å²) in [6.07, 6.45) is 1.58. The molecule has 0 atom stereocenters. The van der Waals surface area contributed by atoms with Crippen LogP contribution in [-0.4, -0.2) is 16.2 Å². The summed E-state index contributed by atoms with van der Waals surface area (Å²) in [6.45, 7) is 0. The average molecular weight is 242 g/mol.